The molecule has 14 heavy (non-hydrogen) atoms. The third kappa shape index (κ3) is 3.42. The Hall–Kier alpha value is -1.60. The first-order chi connectivity index (χ1) is 6.72. The summed E-state index contributed by atoms with van der Waals surface area (Å²) in [5.74, 6) is 0. The third-order valence-corrected chi connectivity index (χ3v) is 1.77. The SMILES string of the molecule is CN(C)CCNc1ccc(C#N)nc1. The van der Waals surface area contributed by atoms with Crippen LogP contribution in [0.4, 0.5) is 5.69 Å². The quantitative estimate of drug-likeness (QED) is 0.767. The summed E-state index contributed by atoms with van der Waals surface area (Å²) >= 11 is 0. The standard InChI is InChI=1S/C10H14N4/c1-14(2)6-5-12-10-4-3-9(7-11)13-8-10/h3-4,8,12H,5-6H2,1-2H3. The van der Waals surface area contributed by atoms with Gasteiger partial charge in [-0.2, -0.15) is 5.26 Å². The smallest absolute Gasteiger partial charge is 0.140 e. The predicted molar refractivity (Wildman–Crippen MR) is 56.0 cm³/mol. The van der Waals surface area contributed by atoms with Crippen LogP contribution in [0.3, 0.4) is 0 Å². The van der Waals surface area contributed by atoms with Crippen LogP contribution < -0.4 is 5.32 Å². The second-order valence-electron chi connectivity index (χ2n) is 3.27. The van der Waals surface area contributed by atoms with Crippen LogP contribution in [-0.2, 0) is 0 Å². The minimum atomic E-state index is 0.447. The molecule has 0 saturated carbocycles. The van der Waals surface area contributed by atoms with Crippen molar-refractivity contribution in [2.45, 2.75) is 0 Å². The average Bonchev–Trinajstić information content (AvgIpc) is 2.18. The Balaban J connectivity index is 2.41. The van der Waals surface area contributed by atoms with Crippen LogP contribution in [0.2, 0.25) is 0 Å². The van der Waals surface area contributed by atoms with E-state index < -0.39 is 0 Å². The Morgan fingerprint density at radius 1 is 1.50 bits per heavy atom. The molecule has 0 aromatic carbocycles. The summed E-state index contributed by atoms with van der Waals surface area (Å²) in [5, 5.41) is 11.8. The van der Waals surface area contributed by atoms with Crippen LogP contribution in [0.25, 0.3) is 0 Å². The Morgan fingerprint density at radius 2 is 2.29 bits per heavy atom. The van der Waals surface area contributed by atoms with Gasteiger partial charge in [0, 0.05) is 13.1 Å². The molecule has 0 bridgehead atoms. The van der Waals surface area contributed by atoms with Gasteiger partial charge in [-0.3, -0.25) is 0 Å². The minimum Gasteiger partial charge on any atom is -0.383 e. The normalized spacial score (nSPS) is 9.86. The molecular formula is C10H14N4. The van der Waals surface area contributed by atoms with Crippen molar-refractivity contribution in [3.8, 4) is 6.07 Å². The van der Waals surface area contributed by atoms with Gasteiger partial charge in [-0.1, -0.05) is 0 Å². The van der Waals surface area contributed by atoms with E-state index in [9.17, 15) is 0 Å². The molecule has 0 atom stereocenters. The van der Waals surface area contributed by atoms with Gasteiger partial charge in [-0.05, 0) is 26.2 Å². The van der Waals surface area contributed by atoms with Crippen molar-refractivity contribution in [2.75, 3.05) is 32.5 Å². The second kappa shape index (κ2) is 5.20. The molecule has 0 fully saturated rings. The van der Waals surface area contributed by atoms with Crippen LogP contribution in [0, 0.1) is 11.3 Å². The van der Waals surface area contributed by atoms with E-state index in [0.29, 0.717) is 5.69 Å². The number of nitrogens with one attached hydrogen (secondary N) is 1. The maximum atomic E-state index is 8.54. The van der Waals surface area contributed by atoms with Gasteiger partial charge in [-0.15, -0.1) is 0 Å². The third-order valence-electron chi connectivity index (χ3n) is 1.77. The molecule has 1 heterocycles. The summed E-state index contributed by atoms with van der Waals surface area (Å²) in [6.07, 6.45) is 1.67. The van der Waals surface area contributed by atoms with Gasteiger partial charge < -0.3 is 10.2 Å². The summed E-state index contributed by atoms with van der Waals surface area (Å²) in [4.78, 5) is 6.06. The molecule has 0 spiro atoms. The van der Waals surface area contributed by atoms with Crippen molar-refractivity contribution < 1.29 is 0 Å². The van der Waals surface area contributed by atoms with Crippen LogP contribution >= 0.6 is 0 Å². The van der Waals surface area contributed by atoms with Crippen molar-refractivity contribution in [3.63, 3.8) is 0 Å². The lowest BCUT2D eigenvalue weighted by Gasteiger charge is -2.10. The summed E-state index contributed by atoms with van der Waals surface area (Å²) in [5.41, 5.74) is 1.40. The number of hydrogen-bond acceptors (Lipinski definition) is 4. The summed E-state index contributed by atoms with van der Waals surface area (Å²) in [6.45, 7) is 1.85. The van der Waals surface area contributed by atoms with E-state index in [1.54, 1.807) is 12.3 Å². The zero-order valence-electron chi connectivity index (χ0n) is 8.49. The van der Waals surface area contributed by atoms with Crippen molar-refractivity contribution >= 4 is 5.69 Å². The number of anilines is 1. The van der Waals surface area contributed by atoms with Crippen molar-refractivity contribution in [2.24, 2.45) is 0 Å². The van der Waals surface area contributed by atoms with E-state index >= 15 is 0 Å². The number of rotatable bonds is 4. The number of nitriles is 1. The molecule has 0 aliphatic rings. The van der Waals surface area contributed by atoms with Gasteiger partial charge in [0.05, 0.1) is 11.9 Å². The highest BCUT2D eigenvalue weighted by molar-refractivity contribution is 5.42. The lowest BCUT2D eigenvalue weighted by Crippen LogP contribution is -2.20. The molecule has 0 unspecified atom stereocenters. The van der Waals surface area contributed by atoms with Gasteiger partial charge in [0.15, 0.2) is 0 Å². The van der Waals surface area contributed by atoms with E-state index in [2.05, 4.69) is 15.2 Å². The Bertz CT molecular complexity index is 310. The number of aromatic nitrogens is 1. The molecule has 0 aliphatic heterocycles. The van der Waals surface area contributed by atoms with Gasteiger partial charge >= 0.3 is 0 Å². The Labute approximate surface area is 84.2 Å². The van der Waals surface area contributed by atoms with E-state index in [4.69, 9.17) is 5.26 Å². The van der Waals surface area contributed by atoms with Crippen LogP contribution in [0.5, 0.6) is 0 Å². The fraction of sp³-hybridized carbons (Fsp3) is 0.400. The Kier molecular flexibility index (Phi) is 3.89. The molecule has 74 valence electrons. The molecule has 1 N–H and O–H groups in total. The molecule has 1 aromatic heterocycles. The first kappa shape index (κ1) is 10.5. The van der Waals surface area contributed by atoms with E-state index in [1.807, 2.05) is 26.2 Å². The first-order valence-electron chi connectivity index (χ1n) is 4.47. The van der Waals surface area contributed by atoms with Crippen molar-refractivity contribution in [1.29, 1.82) is 5.26 Å². The minimum absolute atomic E-state index is 0.447. The Morgan fingerprint density at radius 3 is 2.79 bits per heavy atom. The molecule has 1 rings (SSSR count). The zero-order chi connectivity index (χ0) is 10.4. The fourth-order valence-corrected chi connectivity index (χ4v) is 0.988. The fourth-order valence-electron chi connectivity index (χ4n) is 0.988. The molecule has 0 radical (unpaired) electrons. The first-order valence-corrected chi connectivity index (χ1v) is 4.47. The zero-order valence-corrected chi connectivity index (χ0v) is 8.49. The highest BCUT2D eigenvalue weighted by Crippen LogP contribution is 2.04. The van der Waals surface area contributed by atoms with Crippen molar-refractivity contribution in [1.82, 2.24) is 9.88 Å². The summed E-state index contributed by atoms with van der Waals surface area (Å²) < 4.78 is 0. The highest BCUT2D eigenvalue weighted by Gasteiger charge is 1.94. The van der Waals surface area contributed by atoms with E-state index in [1.165, 1.54) is 0 Å². The maximum Gasteiger partial charge on any atom is 0.140 e. The van der Waals surface area contributed by atoms with Gasteiger partial charge in [0.2, 0.25) is 0 Å². The largest absolute Gasteiger partial charge is 0.383 e. The summed E-state index contributed by atoms with van der Waals surface area (Å²) in [6, 6.07) is 5.55. The number of nitrogens with zero attached hydrogens (tertiary/aromatic N) is 3. The highest BCUT2D eigenvalue weighted by atomic mass is 15.1. The topological polar surface area (TPSA) is 52.0 Å². The van der Waals surface area contributed by atoms with Crippen LogP contribution in [-0.4, -0.2) is 37.1 Å². The molecule has 4 nitrogen and oxygen atoms in total. The van der Waals surface area contributed by atoms with Gasteiger partial charge in [0.25, 0.3) is 0 Å². The van der Waals surface area contributed by atoms with E-state index in [0.717, 1.165) is 18.8 Å². The van der Waals surface area contributed by atoms with Crippen LogP contribution in [0.1, 0.15) is 5.69 Å². The predicted octanol–water partition coefficient (Wildman–Crippen LogP) is 0.927. The molecular weight excluding hydrogens is 176 g/mol. The molecule has 0 aliphatic carbocycles. The molecule has 0 saturated heterocycles. The van der Waals surface area contributed by atoms with Gasteiger partial charge in [-0.25, -0.2) is 4.98 Å². The van der Waals surface area contributed by atoms with Crippen molar-refractivity contribution in [3.05, 3.63) is 24.0 Å². The van der Waals surface area contributed by atoms with E-state index in [-0.39, 0.29) is 0 Å². The maximum absolute atomic E-state index is 8.54. The number of likely N-dealkylation sites (N-methyl/N-ethyl adjacent to an activating group) is 1. The number of hydrogen-bond donors (Lipinski definition) is 1. The molecule has 0 amide bonds. The average molecular weight is 190 g/mol. The monoisotopic (exact) mass is 190 g/mol. The second-order valence-corrected chi connectivity index (χ2v) is 3.27. The number of pyridine rings is 1. The molecule has 1 aromatic rings. The molecule has 4 heteroatoms. The van der Waals surface area contributed by atoms with Crippen LogP contribution in [0.15, 0.2) is 18.3 Å². The lowest BCUT2D eigenvalue weighted by molar-refractivity contribution is 0.425. The summed E-state index contributed by atoms with van der Waals surface area (Å²) in [7, 11) is 4.05. The van der Waals surface area contributed by atoms with Gasteiger partial charge in [0.1, 0.15) is 11.8 Å². The lowest BCUT2D eigenvalue weighted by atomic mass is 10.3.